The van der Waals surface area contributed by atoms with Crippen LogP contribution in [-0.2, 0) is 11.3 Å². The number of ether oxygens (including phenoxy) is 1. The van der Waals surface area contributed by atoms with Crippen molar-refractivity contribution in [3.63, 3.8) is 0 Å². The molecular formula is C24H30N8O2. The average Bonchev–Trinajstić information content (AvgIpc) is 3.45. The van der Waals surface area contributed by atoms with Crippen LogP contribution in [-0.4, -0.2) is 65.3 Å². The molecule has 0 radical (unpaired) electrons. The third kappa shape index (κ3) is 4.78. The zero-order valence-corrected chi connectivity index (χ0v) is 19.5. The van der Waals surface area contributed by atoms with Crippen molar-refractivity contribution >= 4 is 11.5 Å². The fourth-order valence-electron chi connectivity index (χ4n) is 4.65. The monoisotopic (exact) mass is 462 g/mol. The van der Waals surface area contributed by atoms with Crippen LogP contribution in [0.5, 0.6) is 0 Å². The summed E-state index contributed by atoms with van der Waals surface area (Å²) in [5.41, 5.74) is 4.97. The number of aliphatic hydroxyl groups is 1. The first-order valence-corrected chi connectivity index (χ1v) is 11.7. The van der Waals surface area contributed by atoms with Crippen LogP contribution < -0.4 is 5.32 Å². The maximum absolute atomic E-state index is 10.0. The molecule has 0 aliphatic heterocycles. The zero-order valence-electron chi connectivity index (χ0n) is 19.5. The summed E-state index contributed by atoms with van der Waals surface area (Å²) in [5.74, 6) is 0.896. The van der Waals surface area contributed by atoms with Gasteiger partial charge in [0.05, 0.1) is 49.1 Å². The Morgan fingerprint density at radius 3 is 2.76 bits per heavy atom. The smallest absolute Gasteiger partial charge is 0.241 e. The van der Waals surface area contributed by atoms with Gasteiger partial charge in [-0.15, -0.1) is 5.10 Å². The number of methoxy groups -OCH3 is 1. The van der Waals surface area contributed by atoms with Gasteiger partial charge in [0.1, 0.15) is 0 Å². The van der Waals surface area contributed by atoms with Crippen LogP contribution in [0, 0.1) is 0 Å². The minimum atomic E-state index is -0.206. The van der Waals surface area contributed by atoms with E-state index in [9.17, 15) is 5.11 Å². The molecule has 10 heteroatoms. The Morgan fingerprint density at radius 2 is 2.00 bits per heavy atom. The molecule has 0 amide bonds. The molecule has 4 aromatic rings. The predicted octanol–water partition coefficient (Wildman–Crippen LogP) is 2.90. The number of nitrogens with zero attached hydrogens (tertiary/aromatic N) is 7. The molecule has 1 fully saturated rings. The van der Waals surface area contributed by atoms with Crippen LogP contribution in [0.2, 0.25) is 0 Å². The lowest BCUT2D eigenvalue weighted by atomic mass is 9.85. The van der Waals surface area contributed by atoms with E-state index in [0.29, 0.717) is 25.0 Å². The minimum Gasteiger partial charge on any atom is -0.393 e. The van der Waals surface area contributed by atoms with Gasteiger partial charge >= 0.3 is 0 Å². The molecule has 178 valence electrons. The first-order valence-electron chi connectivity index (χ1n) is 11.7. The van der Waals surface area contributed by atoms with Crippen LogP contribution in [0.4, 0.5) is 5.95 Å². The molecule has 1 atom stereocenters. The Hall–Kier alpha value is -3.37. The maximum Gasteiger partial charge on any atom is 0.241 e. The third-order valence-corrected chi connectivity index (χ3v) is 6.34. The number of nitrogens with one attached hydrogen (secondary N) is 1. The number of hydrogen-bond donors (Lipinski definition) is 2. The first-order chi connectivity index (χ1) is 16.6. The second kappa shape index (κ2) is 9.86. The highest BCUT2D eigenvalue weighted by atomic mass is 16.5. The highest BCUT2D eigenvalue weighted by molar-refractivity contribution is 5.81. The number of aliphatic hydroxyl groups excluding tert-OH is 1. The van der Waals surface area contributed by atoms with E-state index >= 15 is 0 Å². The van der Waals surface area contributed by atoms with Crippen molar-refractivity contribution in [1.82, 2.24) is 34.3 Å². The fourth-order valence-corrected chi connectivity index (χ4v) is 4.65. The molecule has 4 aromatic heterocycles. The van der Waals surface area contributed by atoms with Crippen LogP contribution >= 0.6 is 0 Å². The molecule has 10 nitrogen and oxygen atoms in total. The number of anilines is 1. The lowest BCUT2D eigenvalue weighted by molar-refractivity contribution is 0.121. The molecule has 0 aromatic carbocycles. The van der Waals surface area contributed by atoms with E-state index in [1.165, 1.54) is 0 Å². The molecule has 1 aliphatic carbocycles. The van der Waals surface area contributed by atoms with Crippen LogP contribution in [0.1, 0.15) is 49.9 Å². The molecule has 1 aliphatic rings. The Morgan fingerprint density at radius 1 is 1.15 bits per heavy atom. The molecule has 4 heterocycles. The van der Waals surface area contributed by atoms with E-state index in [0.717, 1.165) is 53.7 Å². The lowest BCUT2D eigenvalue weighted by Gasteiger charge is -2.25. The standard InChI is InChI=1S/C24H30N8O2/c1-16(15-34-2)29-24-27-12-23-21(9-22(32(23)30-24)17-3-5-20(33)6-4-17)18-10-28-31(13-18)14-19-11-25-7-8-26-19/h7-13,16-17,20,33H,3-6,14-15H2,1-2H3,(H,29,30)/t16-,17-,20-/m0/s1. The second-order valence-electron chi connectivity index (χ2n) is 8.99. The molecule has 5 rings (SSSR count). The van der Waals surface area contributed by atoms with E-state index in [2.05, 4.69) is 31.4 Å². The van der Waals surface area contributed by atoms with Gasteiger partial charge in [0.25, 0.3) is 0 Å². The Kier molecular flexibility index (Phi) is 6.50. The summed E-state index contributed by atoms with van der Waals surface area (Å²) in [6.45, 7) is 3.15. The summed E-state index contributed by atoms with van der Waals surface area (Å²) < 4.78 is 9.10. The zero-order chi connectivity index (χ0) is 23.5. The summed E-state index contributed by atoms with van der Waals surface area (Å²) in [4.78, 5) is 13.0. The summed E-state index contributed by atoms with van der Waals surface area (Å²) in [6.07, 6.45) is 14.1. The molecule has 2 N–H and O–H groups in total. The molecular weight excluding hydrogens is 432 g/mol. The number of hydrogen-bond acceptors (Lipinski definition) is 8. The van der Waals surface area contributed by atoms with Gasteiger partial charge in [0.2, 0.25) is 5.95 Å². The first kappa shape index (κ1) is 22.4. The fraction of sp³-hybridized carbons (Fsp3) is 0.458. The van der Waals surface area contributed by atoms with E-state index in [-0.39, 0.29) is 12.1 Å². The largest absolute Gasteiger partial charge is 0.393 e. The topological polar surface area (TPSA) is 115 Å². The van der Waals surface area contributed by atoms with E-state index in [4.69, 9.17) is 9.84 Å². The van der Waals surface area contributed by atoms with Gasteiger partial charge in [-0.2, -0.15) is 5.10 Å². The quantitative estimate of drug-likeness (QED) is 0.411. The SMILES string of the molecule is COC[C@H](C)Nc1ncc2c(-c3cnn(Cc4cnccn4)c3)cc([C@H]3CC[C@H](O)CC3)n2n1. The summed E-state index contributed by atoms with van der Waals surface area (Å²) in [6, 6.07) is 2.29. The number of rotatable bonds is 8. The van der Waals surface area contributed by atoms with E-state index in [1.807, 2.05) is 34.7 Å². The molecule has 1 saturated carbocycles. The summed E-state index contributed by atoms with van der Waals surface area (Å²) >= 11 is 0. The molecule has 0 bridgehead atoms. The van der Waals surface area contributed by atoms with Crippen molar-refractivity contribution in [2.45, 2.75) is 57.2 Å². The molecule has 0 spiro atoms. The van der Waals surface area contributed by atoms with Gasteiger partial charge in [-0.05, 0) is 38.7 Å². The van der Waals surface area contributed by atoms with Gasteiger partial charge < -0.3 is 15.2 Å². The maximum atomic E-state index is 10.0. The Balaban J connectivity index is 1.50. The lowest BCUT2D eigenvalue weighted by Crippen LogP contribution is -2.23. The number of aromatic nitrogens is 7. The van der Waals surface area contributed by atoms with Gasteiger partial charge in [-0.3, -0.25) is 14.6 Å². The van der Waals surface area contributed by atoms with Crippen molar-refractivity contribution < 1.29 is 9.84 Å². The normalized spacial score (nSPS) is 19.4. The third-order valence-electron chi connectivity index (χ3n) is 6.34. The van der Waals surface area contributed by atoms with Gasteiger partial charge in [0.15, 0.2) is 0 Å². The molecule has 0 saturated heterocycles. The van der Waals surface area contributed by atoms with Crippen molar-refractivity contribution in [1.29, 1.82) is 0 Å². The summed E-state index contributed by atoms with van der Waals surface area (Å²) in [7, 11) is 1.68. The van der Waals surface area contributed by atoms with E-state index < -0.39 is 0 Å². The van der Waals surface area contributed by atoms with Crippen molar-refractivity contribution in [2.75, 3.05) is 19.0 Å². The minimum absolute atomic E-state index is 0.0880. The van der Waals surface area contributed by atoms with Crippen LogP contribution in [0.15, 0.2) is 43.2 Å². The van der Waals surface area contributed by atoms with Crippen molar-refractivity contribution in [3.05, 3.63) is 54.6 Å². The van der Waals surface area contributed by atoms with Gasteiger partial charge in [0, 0.05) is 54.5 Å². The highest BCUT2D eigenvalue weighted by Gasteiger charge is 2.26. The second-order valence-corrected chi connectivity index (χ2v) is 8.99. The average molecular weight is 463 g/mol. The molecule has 34 heavy (non-hydrogen) atoms. The molecule has 0 unspecified atom stereocenters. The van der Waals surface area contributed by atoms with Crippen LogP contribution in [0.3, 0.4) is 0 Å². The predicted molar refractivity (Wildman–Crippen MR) is 128 cm³/mol. The van der Waals surface area contributed by atoms with Crippen molar-refractivity contribution in [3.8, 4) is 11.1 Å². The Bertz CT molecular complexity index is 1230. The van der Waals surface area contributed by atoms with E-state index in [1.54, 1.807) is 25.7 Å². The number of fused-ring (bicyclic) bond motifs is 1. The van der Waals surface area contributed by atoms with Crippen molar-refractivity contribution in [2.24, 2.45) is 0 Å². The van der Waals surface area contributed by atoms with Crippen LogP contribution in [0.25, 0.3) is 16.6 Å². The Labute approximate surface area is 198 Å². The summed E-state index contributed by atoms with van der Waals surface area (Å²) in [5, 5.41) is 22.7. The van der Waals surface area contributed by atoms with Gasteiger partial charge in [-0.1, -0.05) is 0 Å². The van der Waals surface area contributed by atoms with Gasteiger partial charge in [-0.25, -0.2) is 9.50 Å². The highest BCUT2D eigenvalue weighted by Crippen LogP contribution is 2.37.